The number of aromatic carboxylic acids is 1. The first kappa shape index (κ1) is 12.2. The van der Waals surface area contributed by atoms with Gasteiger partial charge in [-0.25, -0.2) is 4.79 Å². The van der Waals surface area contributed by atoms with E-state index in [1.165, 1.54) is 13.1 Å². The molecule has 0 radical (unpaired) electrons. The molecule has 1 aliphatic heterocycles. The molecule has 0 aliphatic carbocycles. The van der Waals surface area contributed by atoms with Crippen molar-refractivity contribution in [1.82, 2.24) is 15.4 Å². The number of carbonyl (C=O) groups is 3. The second kappa shape index (κ2) is 4.57. The van der Waals surface area contributed by atoms with E-state index in [4.69, 9.17) is 9.63 Å². The van der Waals surface area contributed by atoms with E-state index in [1.54, 1.807) is 0 Å². The number of carbonyl (C=O) groups excluding carboxylic acids is 2. The van der Waals surface area contributed by atoms with Crippen LogP contribution < -0.4 is 5.32 Å². The van der Waals surface area contributed by atoms with Crippen molar-refractivity contribution in [3.63, 3.8) is 0 Å². The van der Waals surface area contributed by atoms with E-state index >= 15 is 0 Å². The van der Waals surface area contributed by atoms with Crippen molar-refractivity contribution >= 4 is 17.8 Å². The van der Waals surface area contributed by atoms with Crippen LogP contribution in [-0.2, 0) is 16.1 Å². The van der Waals surface area contributed by atoms with Crippen molar-refractivity contribution in [2.75, 3.05) is 7.05 Å². The van der Waals surface area contributed by atoms with Crippen molar-refractivity contribution in [3.8, 4) is 0 Å². The number of likely N-dealkylation sites (tertiary alicyclic amines) is 1. The first-order valence-corrected chi connectivity index (χ1v) is 5.21. The Balaban J connectivity index is 1.94. The summed E-state index contributed by atoms with van der Waals surface area (Å²) < 4.78 is 4.77. The zero-order valence-electron chi connectivity index (χ0n) is 9.54. The summed E-state index contributed by atoms with van der Waals surface area (Å²) in [6, 6.07) is 0.668. The molecule has 2 rings (SSSR count). The Bertz CT molecular complexity index is 509. The minimum atomic E-state index is -1.18. The number of hydrogen-bond donors (Lipinski definition) is 2. The first-order chi connectivity index (χ1) is 8.49. The molecule has 18 heavy (non-hydrogen) atoms. The fourth-order valence-corrected chi connectivity index (χ4v) is 1.64. The minimum absolute atomic E-state index is 0.0925. The number of rotatable bonds is 4. The lowest BCUT2D eigenvalue weighted by molar-refractivity contribution is -0.137. The predicted octanol–water partition coefficient (Wildman–Crippen LogP) is -0.780. The molecule has 1 aliphatic rings. The molecule has 0 bridgehead atoms. The zero-order chi connectivity index (χ0) is 13.3. The third-order valence-corrected chi connectivity index (χ3v) is 2.68. The summed E-state index contributed by atoms with van der Waals surface area (Å²) in [5, 5.41) is 14.8. The second-order valence-corrected chi connectivity index (χ2v) is 3.91. The molecule has 1 aromatic heterocycles. The molecule has 1 atom stereocenters. The Morgan fingerprint density at radius 3 is 2.89 bits per heavy atom. The maximum Gasteiger partial charge on any atom is 0.358 e. The highest BCUT2D eigenvalue weighted by atomic mass is 16.5. The van der Waals surface area contributed by atoms with Crippen LogP contribution in [0.4, 0.5) is 0 Å². The van der Waals surface area contributed by atoms with Crippen LogP contribution in [0.2, 0.25) is 0 Å². The third-order valence-electron chi connectivity index (χ3n) is 2.68. The number of hydrogen-bond acceptors (Lipinski definition) is 6. The second-order valence-electron chi connectivity index (χ2n) is 3.91. The number of amides is 2. The summed E-state index contributed by atoms with van der Waals surface area (Å²) in [6.07, 6.45) is 0.0925. The Hall–Kier alpha value is -2.22. The van der Waals surface area contributed by atoms with Gasteiger partial charge in [0, 0.05) is 13.1 Å². The number of nitrogens with zero attached hydrogens (tertiary/aromatic N) is 2. The highest BCUT2D eigenvalue weighted by Crippen LogP contribution is 2.11. The molecule has 0 spiro atoms. The van der Waals surface area contributed by atoms with Gasteiger partial charge >= 0.3 is 5.97 Å². The molecular weight excluding hydrogens is 242 g/mol. The SMILES string of the molecule is CN1C(=O)CC(NCc2cc(C(=O)O)no2)C1=O. The fraction of sp³-hybridized carbons (Fsp3) is 0.400. The number of aromatic nitrogens is 1. The molecule has 2 N–H and O–H groups in total. The van der Waals surface area contributed by atoms with Crippen LogP contribution in [-0.4, -0.2) is 46.0 Å². The van der Waals surface area contributed by atoms with E-state index in [9.17, 15) is 14.4 Å². The summed E-state index contributed by atoms with van der Waals surface area (Å²) in [5.41, 5.74) is -0.197. The van der Waals surface area contributed by atoms with Crippen LogP contribution in [0.5, 0.6) is 0 Å². The molecule has 1 unspecified atom stereocenters. The lowest BCUT2D eigenvalue weighted by atomic mass is 10.2. The van der Waals surface area contributed by atoms with Gasteiger partial charge < -0.3 is 9.63 Å². The number of carboxylic acids is 1. The van der Waals surface area contributed by atoms with Crippen LogP contribution in [0.15, 0.2) is 10.6 Å². The van der Waals surface area contributed by atoms with E-state index < -0.39 is 12.0 Å². The topological polar surface area (TPSA) is 113 Å². The first-order valence-electron chi connectivity index (χ1n) is 5.21. The number of nitrogens with one attached hydrogen (secondary N) is 1. The quantitative estimate of drug-likeness (QED) is 0.676. The van der Waals surface area contributed by atoms with E-state index in [0.29, 0.717) is 5.76 Å². The van der Waals surface area contributed by atoms with Crippen molar-refractivity contribution < 1.29 is 24.0 Å². The van der Waals surface area contributed by atoms with Gasteiger partial charge in [-0.05, 0) is 0 Å². The van der Waals surface area contributed by atoms with Crippen LogP contribution in [0.3, 0.4) is 0 Å². The lowest BCUT2D eigenvalue weighted by Crippen LogP contribution is -2.36. The van der Waals surface area contributed by atoms with E-state index in [-0.39, 0.29) is 30.5 Å². The third kappa shape index (κ3) is 2.23. The van der Waals surface area contributed by atoms with Gasteiger partial charge in [-0.2, -0.15) is 0 Å². The van der Waals surface area contributed by atoms with Gasteiger partial charge in [0.1, 0.15) is 0 Å². The van der Waals surface area contributed by atoms with E-state index in [2.05, 4.69) is 10.5 Å². The molecule has 8 heteroatoms. The van der Waals surface area contributed by atoms with Gasteiger partial charge in [0.2, 0.25) is 11.8 Å². The average Bonchev–Trinajstić information content (AvgIpc) is 2.88. The minimum Gasteiger partial charge on any atom is -0.476 e. The van der Waals surface area contributed by atoms with E-state index in [0.717, 1.165) is 4.90 Å². The molecule has 96 valence electrons. The molecule has 1 aromatic rings. The van der Waals surface area contributed by atoms with Gasteiger partial charge in [0.25, 0.3) is 0 Å². The molecule has 0 aromatic carbocycles. The van der Waals surface area contributed by atoms with Gasteiger partial charge in [-0.15, -0.1) is 0 Å². The number of carboxylic acid groups (broad SMARTS) is 1. The molecule has 2 amide bonds. The Labute approximate surface area is 102 Å². The van der Waals surface area contributed by atoms with Gasteiger partial charge in [-0.3, -0.25) is 19.8 Å². The van der Waals surface area contributed by atoms with E-state index in [1.807, 2.05) is 0 Å². The molecule has 2 heterocycles. The van der Waals surface area contributed by atoms with Crippen molar-refractivity contribution in [2.45, 2.75) is 19.0 Å². The maximum absolute atomic E-state index is 11.6. The highest BCUT2D eigenvalue weighted by molar-refractivity contribution is 6.05. The maximum atomic E-state index is 11.6. The number of imide groups is 1. The van der Waals surface area contributed by atoms with Gasteiger partial charge in [0.05, 0.1) is 19.0 Å². The molecular formula is C10H11N3O5. The fourth-order valence-electron chi connectivity index (χ4n) is 1.64. The average molecular weight is 253 g/mol. The van der Waals surface area contributed by atoms with Crippen molar-refractivity contribution in [1.29, 1.82) is 0 Å². The molecule has 0 saturated carbocycles. The molecule has 8 nitrogen and oxygen atoms in total. The molecule has 1 saturated heterocycles. The normalized spacial score (nSPS) is 19.6. The van der Waals surface area contributed by atoms with Crippen molar-refractivity contribution in [3.05, 3.63) is 17.5 Å². The smallest absolute Gasteiger partial charge is 0.358 e. The summed E-state index contributed by atoms with van der Waals surface area (Å²) in [5.74, 6) is -1.45. The Morgan fingerprint density at radius 2 is 2.39 bits per heavy atom. The van der Waals surface area contributed by atoms with Crippen molar-refractivity contribution in [2.24, 2.45) is 0 Å². The zero-order valence-corrected chi connectivity index (χ0v) is 9.54. The van der Waals surface area contributed by atoms with Crippen LogP contribution in [0.25, 0.3) is 0 Å². The Kier molecular flexibility index (Phi) is 3.11. The highest BCUT2D eigenvalue weighted by Gasteiger charge is 2.35. The van der Waals surface area contributed by atoms with Gasteiger partial charge in [-0.1, -0.05) is 5.16 Å². The predicted molar refractivity (Wildman–Crippen MR) is 56.5 cm³/mol. The lowest BCUT2D eigenvalue weighted by Gasteiger charge is -2.08. The number of likely N-dealkylation sites (N-methyl/N-ethyl adjacent to an activating group) is 1. The standard InChI is InChI=1S/C10H11N3O5/c1-13-8(14)3-6(9(13)15)11-4-5-2-7(10(16)17)12-18-5/h2,6,11H,3-4H2,1H3,(H,16,17). The Morgan fingerprint density at radius 1 is 1.67 bits per heavy atom. The van der Waals surface area contributed by atoms with Crippen LogP contribution in [0.1, 0.15) is 22.7 Å². The summed E-state index contributed by atoms with van der Waals surface area (Å²) >= 11 is 0. The van der Waals surface area contributed by atoms with Crippen LogP contribution >= 0.6 is 0 Å². The molecule has 1 fully saturated rings. The van der Waals surface area contributed by atoms with Crippen LogP contribution in [0, 0.1) is 0 Å². The summed E-state index contributed by atoms with van der Waals surface area (Å²) in [7, 11) is 1.42. The summed E-state index contributed by atoms with van der Waals surface area (Å²) in [6.45, 7) is 0.137. The summed E-state index contributed by atoms with van der Waals surface area (Å²) in [4.78, 5) is 34.4. The largest absolute Gasteiger partial charge is 0.476 e. The monoisotopic (exact) mass is 253 g/mol. The van der Waals surface area contributed by atoms with Gasteiger partial charge in [0.15, 0.2) is 11.5 Å².